The molecule has 0 saturated carbocycles. The highest BCUT2D eigenvalue weighted by Crippen LogP contribution is 2.25. The lowest BCUT2D eigenvalue weighted by atomic mass is 10.1. The van der Waals surface area contributed by atoms with Crippen molar-refractivity contribution in [2.24, 2.45) is 0 Å². The average molecular weight is 442 g/mol. The molecule has 0 radical (unpaired) electrons. The summed E-state index contributed by atoms with van der Waals surface area (Å²) in [5.41, 5.74) is 4.09. The van der Waals surface area contributed by atoms with Crippen LogP contribution in [0.4, 0.5) is 10.5 Å². The number of hydrogen-bond donors (Lipinski definition) is 2. The van der Waals surface area contributed by atoms with Gasteiger partial charge in [0, 0.05) is 12.1 Å². The number of hydrazine groups is 1. The maximum Gasteiger partial charge on any atom is 0.350 e. The molecule has 4 rings (SSSR count). The number of carbonyl (C=O) groups excluding carboxylic acids is 4. The zero-order chi connectivity index (χ0) is 23.2. The Bertz CT molecular complexity index is 1150. The summed E-state index contributed by atoms with van der Waals surface area (Å²) in [5.74, 6) is -1.56. The van der Waals surface area contributed by atoms with Crippen LogP contribution in [0, 0.1) is 0 Å². The minimum Gasteiger partial charge on any atom is -0.352 e. The fourth-order valence-electron chi connectivity index (χ4n) is 3.52. The molecule has 0 unspecified atom stereocenters. The molecule has 1 saturated heterocycles. The predicted molar refractivity (Wildman–Crippen MR) is 122 cm³/mol. The van der Waals surface area contributed by atoms with Gasteiger partial charge in [0.25, 0.3) is 11.8 Å². The van der Waals surface area contributed by atoms with Crippen LogP contribution in [0.15, 0.2) is 91.0 Å². The first-order valence-electron chi connectivity index (χ1n) is 10.4. The standard InChI is InChI=1S/C25H22N4O4/c30-22(26-17-18-10-4-1-5-11-18)16-21-24(32)28(20-14-8-3-9-15-20)25(33)29(21)27-23(31)19-12-6-2-7-13-19/h1-15,21H,16-17H2,(H,26,30)(H,27,31)/t21-/m0/s1. The van der Waals surface area contributed by atoms with E-state index in [1.165, 1.54) is 0 Å². The van der Waals surface area contributed by atoms with Crippen molar-refractivity contribution >= 4 is 29.4 Å². The second kappa shape index (κ2) is 9.78. The first-order valence-corrected chi connectivity index (χ1v) is 10.4. The second-order valence-electron chi connectivity index (χ2n) is 7.45. The minimum absolute atomic E-state index is 0.285. The molecule has 33 heavy (non-hydrogen) atoms. The molecule has 0 aliphatic carbocycles. The summed E-state index contributed by atoms with van der Waals surface area (Å²) in [7, 11) is 0. The van der Waals surface area contributed by atoms with Gasteiger partial charge in [-0.1, -0.05) is 66.7 Å². The van der Waals surface area contributed by atoms with E-state index in [0.717, 1.165) is 15.5 Å². The Morgan fingerprint density at radius 2 is 1.36 bits per heavy atom. The maximum absolute atomic E-state index is 13.2. The molecule has 1 fully saturated rings. The van der Waals surface area contributed by atoms with Gasteiger partial charge in [0.2, 0.25) is 5.91 Å². The molecule has 3 aromatic carbocycles. The molecule has 0 spiro atoms. The lowest BCUT2D eigenvalue weighted by molar-refractivity contribution is -0.127. The molecule has 1 atom stereocenters. The van der Waals surface area contributed by atoms with Gasteiger partial charge in [-0.15, -0.1) is 0 Å². The smallest absolute Gasteiger partial charge is 0.350 e. The lowest BCUT2D eigenvalue weighted by Gasteiger charge is -2.22. The Morgan fingerprint density at radius 3 is 2.00 bits per heavy atom. The van der Waals surface area contributed by atoms with Gasteiger partial charge in [0.15, 0.2) is 0 Å². The van der Waals surface area contributed by atoms with Crippen LogP contribution in [0.1, 0.15) is 22.3 Å². The molecule has 1 aliphatic rings. The van der Waals surface area contributed by atoms with Crippen LogP contribution in [0.5, 0.6) is 0 Å². The Morgan fingerprint density at radius 1 is 0.788 bits per heavy atom. The van der Waals surface area contributed by atoms with Gasteiger partial charge in [0.1, 0.15) is 6.04 Å². The van der Waals surface area contributed by atoms with E-state index >= 15 is 0 Å². The third-order valence-electron chi connectivity index (χ3n) is 5.20. The average Bonchev–Trinajstić information content (AvgIpc) is 3.08. The van der Waals surface area contributed by atoms with Gasteiger partial charge in [-0.3, -0.25) is 19.8 Å². The van der Waals surface area contributed by atoms with E-state index in [1.807, 2.05) is 30.3 Å². The van der Waals surface area contributed by atoms with Crippen molar-refractivity contribution in [2.75, 3.05) is 4.90 Å². The van der Waals surface area contributed by atoms with E-state index in [1.54, 1.807) is 60.7 Å². The van der Waals surface area contributed by atoms with Crippen molar-refractivity contribution in [1.29, 1.82) is 0 Å². The zero-order valence-corrected chi connectivity index (χ0v) is 17.7. The van der Waals surface area contributed by atoms with Crippen LogP contribution >= 0.6 is 0 Å². The van der Waals surface area contributed by atoms with Gasteiger partial charge < -0.3 is 5.32 Å². The van der Waals surface area contributed by atoms with Crippen LogP contribution in [0.2, 0.25) is 0 Å². The topological polar surface area (TPSA) is 98.8 Å². The third-order valence-corrected chi connectivity index (χ3v) is 5.20. The highest BCUT2D eigenvalue weighted by atomic mass is 16.2. The number of nitrogens with zero attached hydrogens (tertiary/aromatic N) is 2. The first kappa shape index (κ1) is 21.8. The molecule has 8 nitrogen and oxygen atoms in total. The van der Waals surface area contributed by atoms with Gasteiger partial charge >= 0.3 is 6.03 Å². The van der Waals surface area contributed by atoms with Gasteiger partial charge in [-0.25, -0.2) is 14.7 Å². The highest BCUT2D eigenvalue weighted by molar-refractivity contribution is 6.22. The minimum atomic E-state index is -1.18. The van der Waals surface area contributed by atoms with E-state index in [9.17, 15) is 19.2 Å². The largest absolute Gasteiger partial charge is 0.352 e. The molecule has 3 aromatic rings. The van der Waals surface area contributed by atoms with E-state index < -0.39 is 29.8 Å². The summed E-state index contributed by atoms with van der Waals surface area (Å²) in [6, 6.07) is 24.1. The number of benzene rings is 3. The second-order valence-corrected chi connectivity index (χ2v) is 7.45. The summed E-state index contributed by atoms with van der Waals surface area (Å²) in [5, 5.41) is 3.70. The van der Waals surface area contributed by atoms with Crippen LogP contribution in [0.25, 0.3) is 0 Å². The predicted octanol–water partition coefficient (Wildman–Crippen LogP) is 2.88. The van der Waals surface area contributed by atoms with E-state index in [2.05, 4.69) is 10.7 Å². The van der Waals surface area contributed by atoms with Gasteiger partial charge in [-0.05, 0) is 29.8 Å². The van der Waals surface area contributed by atoms with Crippen LogP contribution in [-0.2, 0) is 16.1 Å². The number of rotatable bonds is 7. The van der Waals surface area contributed by atoms with Crippen LogP contribution < -0.4 is 15.6 Å². The molecular weight excluding hydrogens is 420 g/mol. The number of amides is 5. The van der Waals surface area contributed by atoms with Gasteiger partial charge in [-0.2, -0.15) is 0 Å². The van der Waals surface area contributed by atoms with Crippen LogP contribution in [0.3, 0.4) is 0 Å². The summed E-state index contributed by atoms with van der Waals surface area (Å²) in [4.78, 5) is 52.6. The molecule has 2 N–H and O–H groups in total. The van der Waals surface area contributed by atoms with Crippen LogP contribution in [-0.4, -0.2) is 34.8 Å². The molecule has 0 aromatic heterocycles. The molecule has 166 valence electrons. The molecule has 1 aliphatic heterocycles. The lowest BCUT2D eigenvalue weighted by Crippen LogP contribution is -2.50. The SMILES string of the molecule is O=C(C[C@H]1C(=O)N(c2ccccc2)C(=O)N1NC(=O)c1ccccc1)NCc1ccccc1. The maximum atomic E-state index is 13.2. The van der Waals surface area contributed by atoms with E-state index in [4.69, 9.17) is 0 Å². The monoisotopic (exact) mass is 442 g/mol. The van der Waals surface area contributed by atoms with Crippen molar-refractivity contribution in [1.82, 2.24) is 15.8 Å². The molecule has 8 heteroatoms. The van der Waals surface area contributed by atoms with Gasteiger partial charge in [0.05, 0.1) is 12.1 Å². The number of anilines is 1. The Hall–Kier alpha value is -4.46. The summed E-state index contributed by atoms with van der Waals surface area (Å²) < 4.78 is 0. The summed E-state index contributed by atoms with van der Waals surface area (Å²) >= 11 is 0. The van der Waals surface area contributed by atoms with Crippen molar-refractivity contribution in [3.63, 3.8) is 0 Å². The quantitative estimate of drug-likeness (QED) is 0.550. The fraction of sp³-hybridized carbons (Fsp3) is 0.120. The third kappa shape index (κ3) is 4.90. The van der Waals surface area contributed by atoms with Crippen molar-refractivity contribution < 1.29 is 19.2 Å². The number of urea groups is 1. The molecular formula is C25H22N4O4. The number of nitrogens with one attached hydrogen (secondary N) is 2. The normalized spacial score (nSPS) is 15.5. The number of hydrogen-bond acceptors (Lipinski definition) is 4. The Balaban J connectivity index is 1.54. The number of para-hydroxylation sites is 1. The number of carbonyl (C=O) groups is 4. The Labute approximate surface area is 190 Å². The summed E-state index contributed by atoms with van der Waals surface area (Å²) in [6.45, 7) is 0.285. The Kier molecular flexibility index (Phi) is 6.45. The number of imide groups is 1. The van der Waals surface area contributed by atoms with Crippen molar-refractivity contribution in [2.45, 2.75) is 19.0 Å². The fourth-order valence-corrected chi connectivity index (χ4v) is 3.52. The molecule has 1 heterocycles. The summed E-state index contributed by atoms with van der Waals surface area (Å²) in [6.07, 6.45) is -0.296. The van der Waals surface area contributed by atoms with Crippen molar-refractivity contribution in [3.05, 3.63) is 102 Å². The highest BCUT2D eigenvalue weighted by Gasteiger charge is 2.47. The molecule has 5 amide bonds. The zero-order valence-electron chi connectivity index (χ0n) is 17.7. The van der Waals surface area contributed by atoms with Crippen molar-refractivity contribution in [3.8, 4) is 0 Å². The van der Waals surface area contributed by atoms with E-state index in [-0.39, 0.29) is 13.0 Å². The first-order chi connectivity index (χ1) is 16.0. The molecule has 0 bridgehead atoms. The van der Waals surface area contributed by atoms with E-state index in [0.29, 0.717) is 11.3 Å².